The Kier molecular flexibility index (Phi) is 3.82. The van der Waals surface area contributed by atoms with E-state index in [1.165, 1.54) is 12.5 Å². The average Bonchev–Trinajstić information content (AvgIpc) is 2.29. The Balaban J connectivity index is 2.14. The van der Waals surface area contributed by atoms with Crippen LogP contribution in [0.3, 0.4) is 0 Å². The van der Waals surface area contributed by atoms with E-state index in [9.17, 15) is 9.50 Å². The fraction of sp³-hybridized carbons (Fsp3) is 0.600. The molecular formula is C15H21FO. The minimum absolute atomic E-state index is 0.213. The number of hydrogen-bond donors (Lipinski definition) is 1. The predicted molar refractivity (Wildman–Crippen MR) is 67.3 cm³/mol. The van der Waals surface area contributed by atoms with Gasteiger partial charge in [-0.2, -0.15) is 0 Å². The molecule has 1 saturated carbocycles. The summed E-state index contributed by atoms with van der Waals surface area (Å²) < 4.78 is 13.1. The highest BCUT2D eigenvalue weighted by atomic mass is 19.1. The van der Waals surface area contributed by atoms with Crippen molar-refractivity contribution in [3.05, 3.63) is 35.6 Å². The molecule has 2 heteroatoms. The van der Waals surface area contributed by atoms with Gasteiger partial charge in [-0.3, -0.25) is 0 Å². The molecule has 17 heavy (non-hydrogen) atoms. The first-order chi connectivity index (χ1) is 8.14. The zero-order chi connectivity index (χ0) is 12.3. The lowest BCUT2D eigenvalue weighted by Gasteiger charge is -2.40. The largest absolute Gasteiger partial charge is 0.389 e. The first kappa shape index (κ1) is 12.6. The van der Waals surface area contributed by atoms with Crippen molar-refractivity contribution in [2.45, 2.75) is 51.0 Å². The molecular weight excluding hydrogens is 215 g/mol. The maximum atomic E-state index is 13.1. The Bertz CT molecular complexity index is 377. The van der Waals surface area contributed by atoms with Gasteiger partial charge in [-0.1, -0.05) is 38.3 Å². The van der Waals surface area contributed by atoms with Gasteiger partial charge in [0.2, 0.25) is 0 Å². The molecule has 0 aliphatic heterocycles. The zero-order valence-electron chi connectivity index (χ0n) is 10.5. The van der Waals surface area contributed by atoms with Crippen LogP contribution in [0.15, 0.2) is 24.3 Å². The van der Waals surface area contributed by atoms with E-state index < -0.39 is 5.60 Å². The lowest BCUT2D eigenvalue weighted by Crippen LogP contribution is -2.42. The molecule has 0 bridgehead atoms. The van der Waals surface area contributed by atoms with Crippen molar-refractivity contribution in [1.29, 1.82) is 0 Å². The maximum Gasteiger partial charge on any atom is 0.123 e. The average molecular weight is 236 g/mol. The van der Waals surface area contributed by atoms with Crippen LogP contribution in [0.5, 0.6) is 0 Å². The molecule has 1 aromatic carbocycles. The Hall–Kier alpha value is -0.890. The van der Waals surface area contributed by atoms with Gasteiger partial charge in [0, 0.05) is 6.42 Å². The maximum absolute atomic E-state index is 13.1. The van der Waals surface area contributed by atoms with Gasteiger partial charge in [-0.05, 0) is 36.5 Å². The van der Waals surface area contributed by atoms with Gasteiger partial charge in [0.15, 0.2) is 0 Å². The molecule has 0 saturated heterocycles. The lowest BCUT2D eigenvalue weighted by molar-refractivity contribution is -0.0491. The van der Waals surface area contributed by atoms with Gasteiger partial charge in [-0.15, -0.1) is 0 Å². The molecule has 1 aromatic rings. The van der Waals surface area contributed by atoms with E-state index in [0.717, 1.165) is 31.2 Å². The summed E-state index contributed by atoms with van der Waals surface area (Å²) in [5.41, 5.74) is 0.286. The standard InChI is InChI=1S/C15H21FO/c1-2-13-7-3-4-9-15(13,17)11-12-6-5-8-14(16)10-12/h5-6,8,10,13,17H,2-4,7,9,11H2,1H3. The molecule has 94 valence electrons. The Morgan fingerprint density at radius 2 is 2.24 bits per heavy atom. The smallest absolute Gasteiger partial charge is 0.123 e. The quantitative estimate of drug-likeness (QED) is 0.848. The van der Waals surface area contributed by atoms with Crippen LogP contribution in [0, 0.1) is 11.7 Å². The normalized spacial score (nSPS) is 29.2. The molecule has 0 amide bonds. The van der Waals surface area contributed by atoms with Crippen LogP contribution in [0.1, 0.15) is 44.6 Å². The first-order valence-corrected chi connectivity index (χ1v) is 6.61. The van der Waals surface area contributed by atoms with Crippen LogP contribution in [-0.2, 0) is 6.42 Å². The van der Waals surface area contributed by atoms with Crippen LogP contribution in [0.25, 0.3) is 0 Å². The van der Waals surface area contributed by atoms with Gasteiger partial charge < -0.3 is 5.11 Å². The molecule has 1 nitrogen and oxygen atoms in total. The molecule has 2 rings (SSSR count). The summed E-state index contributed by atoms with van der Waals surface area (Å²) >= 11 is 0. The van der Waals surface area contributed by atoms with Crippen LogP contribution < -0.4 is 0 Å². The summed E-state index contributed by atoms with van der Waals surface area (Å²) in [6.07, 6.45) is 5.84. The molecule has 1 aliphatic carbocycles. The van der Waals surface area contributed by atoms with E-state index in [0.29, 0.717) is 12.3 Å². The second-order valence-electron chi connectivity index (χ2n) is 5.26. The third-order valence-electron chi connectivity index (χ3n) is 4.06. The van der Waals surface area contributed by atoms with E-state index in [1.54, 1.807) is 12.1 Å². The number of aliphatic hydroxyl groups is 1. The summed E-state index contributed by atoms with van der Waals surface area (Å²) in [6.45, 7) is 2.13. The highest BCUT2D eigenvalue weighted by Crippen LogP contribution is 2.38. The second kappa shape index (κ2) is 5.18. The van der Waals surface area contributed by atoms with Gasteiger partial charge >= 0.3 is 0 Å². The lowest BCUT2D eigenvalue weighted by atomic mass is 9.71. The predicted octanol–water partition coefficient (Wildman–Crippen LogP) is 3.70. The van der Waals surface area contributed by atoms with Crippen molar-refractivity contribution in [2.24, 2.45) is 5.92 Å². The topological polar surface area (TPSA) is 20.2 Å². The number of hydrogen-bond acceptors (Lipinski definition) is 1. The van der Waals surface area contributed by atoms with Crippen LogP contribution in [-0.4, -0.2) is 10.7 Å². The monoisotopic (exact) mass is 236 g/mol. The fourth-order valence-corrected chi connectivity index (χ4v) is 3.11. The van der Waals surface area contributed by atoms with Crippen molar-refractivity contribution >= 4 is 0 Å². The van der Waals surface area contributed by atoms with Crippen LogP contribution >= 0.6 is 0 Å². The number of rotatable bonds is 3. The highest BCUT2D eigenvalue weighted by Gasteiger charge is 2.37. The summed E-state index contributed by atoms with van der Waals surface area (Å²) in [4.78, 5) is 0. The molecule has 0 radical (unpaired) electrons. The molecule has 0 spiro atoms. The zero-order valence-corrected chi connectivity index (χ0v) is 10.5. The van der Waals surface area contributed by atoms with Crippen molar-refractivity contribution in [2.75, 3.05) is 0 Å². The summed E-state index contributed by atoms with van der Waals surface area (Å²) in [6, 6.07) is 6.62. The van der Waals surface area contributed by atoms with Crippen molar-refractivity contribution < 1.29 is 9.50 Å². The van der Waals surface area contributed by atoms with Gasteiger partial charge in [0.25, 0.3) is 0 Å². The molecule has 1 N–H and O–H groups in total. The van der Waals surface area contributed by atoms with Crippen LogP contribution in [0.2, 0.25) is 0 Å². The third-order valence-corrected chi connectivity index (χ3v) is 4.06. The van der Waals surface area contributed by atoms with Crippen LogP contribution in [0.4, 0.5) is 4.39 Å². The third kappa shape index (κ3) is 2.86. The molecule has 1 aliphatic rings. The fourth-order valence-electron chi connectivity index (χ4n) is 3.11. The van der Waals surface area contributed by atoms with Crippen molar-refractivity contribution in [3.8, 4) is 0 Å². The summed E-state index contributed by atoms with van der Waals surface area (Å²) in [7, 11) is 0. The summed E-state index contributed by atoms with van der Waals surface area (Å²) in [5, 5.41) is 10.8. The van der Waals surface area contributed by atoms with E-state index in [-0.39, 0.29) is 5.82 Å². The highest BCUT2D eigenvalue weighted by molar-refractivity contribution is 5.19. The molecule has 2 unspecified atom stereocenters. The molecule has 0 aromatic heterocycles. The van der Waals surface area contributed by atoms with E-state index in [2.05, 4.69) is 6.92 Å². The Morgan fingerprint density at radius 3 is 2.94 bits per heavy atom. The minimum Gasteiger partial charge on any atom is -0.389 e. The Morgan fingerprint density at radius 1 is 1.41 bits per heavy atom. The number of benzene rings is 1. The van der Waals surface area contributed by atoms with E-state index >= 15 is 0 Å². The van der Waals surface area contributed by atoms with Crippen molar-refractivity contribution in [3.63, 3.8) is 0 Å². The van der Waals surface area contributed by atoms with Crippen molar-refractivity contribution in [1.82, 2.24) is 0 Å². The molecule has 1 fully saturated rings. The minimum atomic E-state index is -0.624. The van der Waals surface area contributed by atoms with Gasteiger partial charge in [0.05, 0.1) is 5.60 Å². The van der Waals surface area contributed by atoms with Gasteiger partial charge in [-0.25, -0.2) is 4.39 Å². The molecule has 2 atom stereocenters. The summed E-state index contributed by atoms with van der Waals surface area (Å²) in [5.74, 6) is 0.148. The Labute approximate surface area is 103 Å². The van der Waals surface area contributed by atoms with Gasteiger partial charge in [0.1, 0.15) is 5.82 Å². The second-order valence-corrected chi connectivity index (χ2v) is 5.26. The SMILES string of the molecule is CCC1CCCCC1(O)Cc1cccc(F)c1. The molecule has 0 heterocycles. The number of halogens is 1. The first-order valence-electron chi connectivity index (χ1n) is 6.61. The van der Waals surface area contributed by atoms with E-state index in [4.69, 9.17) is 0 Å². The van der Waals surface area contributed by atoms with E-state index in [1.807, 2.05) is 6.07 Å².